The van der Waals surface area contributed by atoms with E-state index in [-0.39, 0.29) is 11.8 Å². The van der Waals surface area contributed by atoms with Crippen LogP contribution in [0.5, 0.6) is 0 Å². The summed E-state index contributed by atoms with van der Waals surface area (Å²) in [7, 11) is 0. The molecule has 0 N–H and O–H groups in total. The first-order valence-electron chi connectivity index (χ1n) is 8.30. The highest BCUT2D eigenvalue weighted by atomic mass is 16.2. The van der Waals surface area contributed by atoms with Crippen molar-refractivity contribution in [2.75, 3.05) is 26.2 Å². The third kappa shape index (κ3) is 3.16. The second-order valence-electron chi connectivity index (χ2n) is 6.46. The number of likely N-dealkylation sites (tertiary alicyclic amines) is 2. The summed E-state index contributed by atoms with van der Waals surface area (Å²) in [5.74, 6) is 0.507. The Morgan fingerprint density at radius 1 is 0.909 bits per heavy atom. The fourth-order valence-corrected chi connectivity index (χ4v) is 3.40. The Balaban J connectivity index is 1.56. The number of piperidine rings is 1. The number of carbonyl (C=O) groups is 2. The van der Waals surface area contributed by atoms with Crippen LogP contribution in [0.1, 0.15) is 41.6 Å². The maximum atomic E-state index is 12.5. The van der Waals surface area contributed by atoms with Gasteiger partial charge in [0.15, 0.2) is 0 Å². The molecule has 2 aliphatic heterocycles. The van der Waals surface area contributed by atoms with E-state index in [4.69, 9.17) is 0 Å². The van der Waals surface area contributed by atoms with Gasteiger partial charge in [-0.05, 0) is 44.7 Å². The van der Waals surface area contributed by atoms with Crippen LogP contribution in [0.3, 0.4) is 0 Å². The van der Waals surface area contributed by atoms with Gasteiger partial charge >= 0.3 is 0 Å². The zero-order valence-corrected chi connectivity index (χ0v) is 13.3. The van der Waals surface area contributed by atoms with E-state index in [9.17, 15) is 9.59 Å². The lowest BCUT2D eigenvalue weighted by Gasteiger charge is -2.33. The van der Waals surface area contributed by atoms with Crippen molar-refractivity contribution in [3.8, 4) is 0 Å². The number of amides is 2. The van der Waals surface area contributed by atoms with E-state index >= 15 is 0 Å². The van der Waals surface area contributed by atoms with Crippen molar-refractivity contribution in [2.45, 2.75) is 32.6 Å². The molecule has 4 heteroatoms. The van der Waals surface area contributed by atoms with E-state index < -0.39 is 0 Å². The lowest BCUT2D eigenvalue weighted by atomic mass is 9.95. The van der Waals surface area contributed by atoms with E-state index in [2.05, 4.69) is 0 Å². The highest BCUT2D eigenvalue weighted by Crippen LogP contribution is 2.23. The fraction of sp³-hybridized carbons (Fsp3) is 0.556. The first kappa shape index (κ1) is 15.1. The molecule has 0 radical (unpaired) electrons. The van der Waals surface area contributed by atoms with Crippen LogP contribution in [-0.2, 0) is 4.79 Å². The molecule has 2 amide bonds. The SMILES string of the molecule is Cc1ccc(C(=O)N2CCC(C(=O)N3CCCC3)CC2)cc1. The first-order valence-corrected chi connectivity index (χ1v) is 8.30. The van der Waals surface area contributed by atoms with Crippen molar-refractivity contribution >= 4 is 11.8 Å². The molecular weight excluding hydrogens is 276 g/mol. The second kappa shape index (κ2) is 6.51. The van der Waals surface area contributed by atoms with Crippen LogP contribution in [-0.4, -0.2) is 47.8 Å². The number of nitrogens with zero attached hydrogens (tertiary/aromatic N) is 2. The summed E-state index contributed by atoms with van der Waals surface area (Å²) in [5.41, 5.74) is 1.90. The van der Waals surface area contributed by atoms with E-state index in [1.807, 2.05) is 41.0 Å². The Labute approximate surface area is 132 Å². The van der Waals surface area contributed by atoms with Gasteiger partial charge in [-0.25, -0.2) is 0 Å². The van der Waals surface area contributed by atoms with Crippen molar-refractivity contribution in [1.82, 2.24) is 9.80 Å². The predicted octanol–water partition coefficient (Wildman–Crippen LogP) is 2.47. The van der Waals surface area contributed by atoms with Crippen molar-refractivity contribution in [2.24, 2.45) is 5.92 Å². The second-order valence-corrected chi connectivity index (χ2v) is 6.46. The fourth-order valence-electron chi connectivity index (χ4n) is 3.40. The van der Waals surface area contributed by atoms with Crippen molar-refractivity contribution in [3.63, 3.8) is 0 Å². The summed E-state index contributed by atoms with van der Waals surface area (Å²) in [4.78, 5) is 28.8. The number of aryl methyl sites for hydroxylation is 1. The van der Waals surface area contributed by atoms with Crippen LogP contribution in [0.15, 0.2) is 24.3 Å². The van der Waals surface area contributed by atoms with E-state index in [0.29, 0.717) is 19.0 Å². The number of rotatable bonds is 2. The molecule has 0 aliphatic carbocycles. The maximum Gasteiger partial charge on any atom is 0.253 e. The predicted molar refractivity (Wildman–Crippen MR) is 85.6 cm³/mol. The molecule has 3 rings (SSSR count). The Hall–Kier alpha value is -1.84. The summed E-state index contributed by atoms with van der Waals surface area (Å²) in [5, 5.41) is 0. The van der Waals surface area contributed by atoms with Crippen molar-refractivity contribution < 1.29 is 9.59 Å². The van der Waals surface area contributed by atoms with Crippen molar-refractivity contribution in [3.05, 3.63) is 35.4 Å². The molecular formula is C18H24N2O2. The van der Waals surface area contributed by atoms with Gasteiger partial charge in [-0.1, -0.05) is 17.7 Å². The van der Waals surface area contributed by atoms with E-state index in [0.717, 1.165) is 49.9 Å². The molecule has 0 bridgehead atoms. The number of carbonyl (C=O) groups excluding carboxylic acids is 2. The van der Waals surface area contributed by atoms with Gasteiger partial charge in [0.2, 0.25) is 5.91 Å². The molecule has 0 atom stereocenters. The highest BCUT2D eigenvalue weighted by molar-refractivity contribution is 5.94. The Morgan fingerprint density at radius 2 is 1.50 bits per heavy atom. The summed E-state index contributed by atoms with van der Waals surface area (Å²) in [6.07, 6.45) is 3.87. The molecule has 2 fully saturated rings. The van der Waals surface area contributed by atoms with Crippen LogP contribution >= 0.6 is 0 Å². The van der Waals surface area contributed by atoms with Gasteiger partial charge in [0.25, 0.3) is 5.91 Å². The molecule has 118 valence electrons. The molecule has 4 nitrogen and oxygen atoms in total. The summed E-state index contributed by atoms with van der Waals surface area (Å²) in [6, 6.07) is 7.71. The topological polar surface area (TPSA) is 40.6 Å². The van der Waals surface area contributed by atoms with Gasteiger partial charge in [0, 0.05) is 37.7 Å². The smallest absolute Gasteiger partial charge is 0.253 e. The van der Waals surface area contributed by atoms with Gasteiger partial charge in [-0.3, -0.25) is 9.59 Å². The minimum atomic E-state index is 0.0899. The van der Waals surface area contributed by atoms with Crippen LogP contribution in [0.2, 0.25) is 0 Å². The molecule has 0 saturated carbocycles. The van der Waals surface area contributed by atoms with Gasteiger partial charge in [-0.15, -0.1) is 0 Å². The number of hydrogen-bond acceptors (Lipinski definition) is 2. The van der Waals surface area contributed by atoms with E-state index in [1.165, 1.54) is 0 Å². The molecule has 1 aromatic rings. The molecule has 2 aliphatic rings. The monoisotopic (exact) mass is 300 g/mol. The van der Waals surface area contributed by atoms with Crippen LogP contribution < -0.4 is 0 Å². The number of benzene rings is 1. The zero-order valence-electron chi connectivity index (χ0n) is 13.3. The van der Waals surface area contributed by atoms with Crippen LogP contribution in [0, 0.1) is 12.8 Å². The summed E-state index contributed by atoms with van der Waals surface area (Å²) >= 11 is 0. The standard InChI is InChI=1S/C18H24N2O2/c1-14-4-6-15(7-5-14)17(21)20-12-8-16(9-13-20)18(22)19-10-2-3-11-19/h4-7,16H,2-3,8-13H2,1H3. The molecule has 0 spiro atoms. The third-order valence-corrected chi connectivity index (χ3v) is 4.85. The molecule has 2 saturated heterocycles. The van der Waals surface area contributed by atoms with Gasteiger partial charge in [0.05, 0.1) is 0 Å². The normalized spacial score (nSPS) is 19.5. The quantitative estimate of drug-likeness (QED) is 0.842. The maximum absolute atomic E-state index is 12.5. The Morgan fingerprint density at radius 3 is 2.09 bits per heavy atom. The van der Waals surface area contributed by atoms with Crippen LogP contribution in [0.25, 0.3) is 0 Å². The van der Waals surface area contributed by atoms with Gasteiger partial charge < -0.3 is 9.80 Å². The lowest BCUT2D eigenvalue weighted by molar-refractivity contribution is -0.135. The molecule has 0 unspecified atom stereocenters. The van der Waals surface area contributed by atoms with Gasteiger partial charge in [0.1, 0.15) is 0 Å². The molecule has 2 heterocycles. The molecule has 1 aromatic carbocycles. The molecule has 22 heavy (non-hydrogen) atoms. The van der Waals surface area contributed by atoms with Gasteiger partial charge in [-0.2, -0.15) is 0 Å². The average Bonchev–Trinajstić information content (AvgIpc) is 3.09. The summed E-state index contributed by atoms with van der Waals surface area (Å²) < 4.78 is 0. The Kier molecular flexibility index (Phi) is 4.46. The molecule has 0 aromatic heterocycles. The lowest BCUT2D eigenvalue weighted by Crippen LogP contribution is -2.43. The largest absolute Gasteiger partial charge is 0.342 e. The Bertz CT molecular complexity index is 539. The third-order valence-electron chi connectivity index (χ3n) is 4.85. The number of hydrogen-bond donors (Lipinski definition) is 0. The highest BCUT2D eigenvalue weighted by Gasteiger charge is 2.31. The minimum Gasteiger partial charge on any atom is -0.342 e. The first-order chi connectivity index (χ1) is 10.6. The van der Waals surface area contributed by atoms with E-state index in [1.54, 1.807) is 0 Å². The average molecular weight is 300 g/mol. The summed E-state index contributed by atoms with van der Waals surface area (Å²) in [6.45, 7) is 5.24. The zero-order chi connectivity index (χ0) is 15.5. The van der Waals surface area contributed by atoms with Crippen LogP contribution in [0.4, 0.5) is 0 Å². The van der Waals surface area contributed by atoms with Crippen molar-refractivity contribution in [1.29, 1.82) is 0 Å². The minimum absolute atomic E-state index is 0.0899.